The maximum Gasteiger partial charge on any atom is 0.319 e. The number of benzene rings is 3. The number of nitrogens with one attached hydrogen (secondary N) is 3. The molecule has 0 aliphatic carbocycles. The van der Waals surface area contributed by atoms with Gasteiger partial charge in [0.1, 0.15) is 17.2 Å². The summed E-state index contributed by atoms with van der Waals surface area (Å²) in [6.07, 6.45) is 2.85. The highest BCUT2D eigenvalue weighted by Gasteiger charge is 2.20. The lowest BCUT2D eigenvalue weighted by Crippen LogP contribution is -2.45. The first-order chi connectivity index (χ1) is 17.2. The zero-order valence-corrected chi connectivity index (χ0v) is 22.0. The van der Waals surface area contributed by atoms with E-state index in [2.05, 4.69) is 20.3 Å². The molecule has 3 aromatic carbocycles. The van der Waals surface area contributed by atoms with Gasteiger partial charge >= 0.3 is 6.03 Å². The van der Waals surface area contributed by atoms with Crippen LogP contribution in [0.1, 0.15) is 18.4 Å². The number of carbonyl (C=O) groups is 1. The molecule has 1 aliphatic heterocycles. The summed E-state index contributed by atoms with van der Waals surface area (Å²) in [5.74, 6) is 1.47. The second kappa shape index (κ2) is 12.7. The number of carbonyl (C=O) groups excluding carboxylic acids is 1. The van der Waals surface area contributed by atoms with Gasteiger partial charge in [-0.25, -0.2) is 13.2 Å². The minimum absolute atomic E-state index is 0. The summed E-state index contributed by atoms with van der Waals surface area (Å²) in [6.45, 7) is 2.59. The van der Waals surface area contributed by atoms with Crippen molar-refractivity contribution in [2.24, 2.45) is 0 Å². The van der Waals surface area contributed by atoms with Gasteiger partial charge in [0.05, 0.1) is 6.26 Å². The highest BCUT2D eigenvalue weighted by molar-refractivity contribution is 7.92. The van der Waals surface area contributed by atoms with Crippen LogP contribution >= 0.6 is 12.4 Å². The number of urea groups is 1. The number of aromatic hydroxyl groups is 1. The van der Waals surface area contributed by atoms with Gasteiger partial charge in [0, 0.05) is 37.1 Å². The summed E-state index contributed by atoms with van der Waals surface area (Å²) in [7, 11) is -3.31. The van der Waals surface area contributed by atoms with Crippen molar-refractivity contribution in [2.75, 3.05) is 29.4 Å². The van der Waals surface area contributed by atoms with Crippen LogP contribution < -0.4 is 20.1 Å². The first-order valence-electron chi connectivity index (χ1n) is 11.7. The van der Waals surface area contributed by atoms with E-state index in [1.165, 1.54) is 17.7 Å². The van der Waals surface area contributed by atoms with Gasteiger partial charge in [-0.2, -0.15) is 0 Å². The maximum absolute atomic E-state index is 12.2. The predicted octanol–water partition coefficient (Wildman–Crippen LogP) is 4.76. The van der Waals surface area contributed by atoms with Crippen molar-refractivity contribution in [3.63, 3.8) is 0 Å². The van der Waals surface area contributed by atoms with Gasteiger partial charge in [-0.15, -0.1) is 12.4 Å². The van der Waals surface area contributed by atoms with Gasteiger partial charge in [0.2, 0.25) is 10.0 Å². The molecule has 2 amide bonds. The Labute approximate surface area is 223 Å². The third-order valence-corrected chi connectivity index (χ3v) is 6.38. The molecule has 0 saturated carbocycles. The fraction of sp³-hybridized carbons (Fsp3) is 0.269. The molecule has 1 fully saturated rings. The minimum atomic E-state index is -3.31. The molecular weight excluding hydrogens is 516 g/mol. The van der Waals surface area contributed by atoms with Crippen LogP contribution in [0.5, 0.6) is 17.2 Å². The topological polar surface area (TPSA) is 120 Å². The summed E-state index contributed by atoms with van der Waals surface area (Å²) in [5.41, 5.74) is 2.29. The molecule has 11 heteroatoms. The number of nitrogens with zero attached hydrogens (tertiary/aromatic N) is 1. The SMILES string of the molecule is CS(=O)(=O)Nc1ccc(Oc2ccc(CN3CCC(NC(=O)Nc4ccc(O)cc4)CC3)cc2)cc1.Cl. The summed E-state index contributed by atoms with van der Waals surface area (Å²) < 4.78 is 30.9. The number of phenolic OH excluding ortho intramolecular Hbond substituents is 1. The third kappa shape index (κ3) is 9.16. The number of piperidine rings is 1. The van der Waals surface area contributed by atoms with Crippen LogP contribution in [0.3, 0.4) is 0 Å². The first-order valence-corrected chi connectivity index (χ1v) is 13.5. The zero-order chi connectivity index (χ0) is 25.5. The summed E-state index contributed by atoms with van der Waals surface area (Å²) in [6, 6.07) is 20.9. The number of phenols is 1. The number of likely N-dealkylation sites (tertiary alicyclic amines) is 1. The van der Waals surface area contributed by atoms with Crippen LogP contribution in [0, 0.1) is 0 Å². The van der Waals surface area contributed by atoms with Gasteiger partial charge in [-0.05, 0) is 79.1 Å². The molecule has 0 bridgehead atoms. The number of sulfonamides is 1. The van der Waals surface area contributed by atoms with Crippen LogP contribution in [0.25, 0.3) is 0 Å². The number of halogens is 1. The summed E-state index contributed by atoms with van der Waals surface area (Å²) in [4.78, 5) is 14.6. The Kier molecular flexibility index (Phi) is 9.62. The minimum Gasteiger partial charge on any atom is -0.508 e. The number of anilines is 2. The van der Waals surface area contributed by atoms with Crippen molar-refractivity contribution in [1.29, 1.82) is 0 Å². The van der Waals surface area contributed by atoms with Crippen molar-refractivity contribution in [3.8, 4) is 17.2 Å². The van der Waals surface area contributed by atoms with Gasteiger partial charge in [0.15, 0.2) is 0 Å². The molecule has 4 rings (SSSR count). The monoisotopic (exact) mass is 546 g/mol. The largest absolute Gasteiger partial charge is 0.508 e. The van der Waals surface area contributed by atoms with Crippen molar-refractivity contribution in [3.05, 3.63) is 78.4 Å². The van der Waals surface area contributed by atoms with Gasteiger partial charge in [0.25, 0.3) is 0 Å². The number of rotatable bonds is 8. The molecule has 37 heavy (non-hydrogen) atoms. The zero-order valence-electron chi connectivity index (χ0n) is 20.4. The highest BCUT2D eigenvalue weighted by atomic mass is 35.5. The van der Waals surface area contributed by atoms with Gasteiger partial charge in [-0.3, -0.25) is 9.62 Å². The molecule has 0 spiro atoms. The number of hydrogen-bond donors (Lipinski definition) is 4. The summed E-state index contributed by atoms with van der Waals surface area (Å²) >= 11 is 0. The molecule has 3 aromatic rings. The van der Waals surface area contributed by atoms with Crippen LogP contribution in [-0.2, 0) is 16.6 Å². The standard InChI is InChI=1S/C26H30N4O5S.ClH/c1-36(33,34)29-22-6-12-25(13-7-22)35-24-10-2-19(3-11-24)18-30-16-14-21(15-17-30)28-26(32)27-20-4-8-23(31)9-5-20;/h2-13,21,29,31H,14-18H2,1H3,(H2,27,28,32);1H. The van der Waals surface area contributed by atoms with Crippen LogP contribution in [-0.4, -0.2) is 49.8 Å². The van der Waals surface area contributed by atoms with Crippen LogP contribution in [0.15, 0.2) is 72.8 Å². The molecule has 0 radical (unpaired) electrons. The Balaban J connectivity index is 0.00000380. The molecule has 0 aromatic heterocycles. The molecule has 198 valence electrons. The first kappa shape index (κ1) is 28.1. The number of amides is 2. The lowest BCUT2D eigenvalue weighted by Gasteiger charge is -2.32. The smallest absolute Gasteiger partial charge is 0.319 e. The molecular formula is C26H31ClN4O5S. The van der Waals surface area contributed by atoms with Crippen molar-refractivity contribution in [1.82, 2.24) is 10.2 Å². The van der Waals surface area contributed by atoms with E-state index in [-0.39, 0.29) is 30.2 Å². The Morgan fingerprint density at radius 3 is 2.03 bits per heavy atom. The lowest BCUT2D eigenvalue weighted by molar-refractivity contribution is 0.190. The maximum atomic E-state index is 12.2. The van der Waals surface area contributed by atoms with E-state index < -0.39 is 10.0 Å². The number of hydrogen-bond acceptors (Lipinski definition) is 6. The Hall–Kier alpha value is -3.47. The van der Waals surface area contributed by atoms with Crippen molar-refractivity contribution in [2.45, 2.75) is 25.4 Å². The molecule has 1 saturated heterocycles. The van der Waals surface area contributed by atoms with Crippen LogP contribution in [0.4, 0.5) is 16.2 Å². The molecule has 0 atom stereocenters. The Morgan fingerprint density at radius 1 is 0.919 bits per heavy atom. The second-order valence-corrected chi connectivity index (χ2v) is 10.6. The third-order valence-electron chi connectivity index (χ3n) is 5.77. The van der Waals surface area contributed by atoms with E-state index in [0.29, 0.717) is 22.9 Å². The van der Waals surface area contributed by atoms with E-state index in [1.807, 2.05) is 24.3 Å². The van der Waals surface area contributed by atoms with E-state index in [1.54, 1.807) is 36.4 Å². The Morgan fingerprint density at radius 2 is 1.46 bits per heavy atom. The lowest BCUT2D eigenvalue weighted by atomic mass is 10.0. The average Bonchev–Trinajstić information content (AvgIpc) is 2.83. The quantitative estimate of drug-likeness (QED) is 0.302. The van der Waals surface area contributed by atoms with E-state index >= 15 is 0 Å². The van der Waals surface area contributed by atoms with Crippen molar-refractivity contribution < 1.29 is 23.1 Å². The molecule has 1 aliphatic rings. The molecule has 9 nitrogen and oxygen atoms in total. The van der Waals surface area contributed by atoms with E-state index in [9.17, 15) is 18.3 Å². The van der Waals surface area contributed by atoms with Crippen LogP contribution in [0.2, 0.25) is 0 Å². The van der Waals surface area contributed by atoms with E-state index in [4.69, 9.17) is 4.74 Å². The van der Waals surface area contributed by atoms with Gasteiger partial charge < -0.3 is 20.5 Å². The fourth-order valence-corrected chi connectivity index (χ4v) is 4.56. The van der Waals surface area contributed by atoms with Gasteiger partial charge in [-0.1, -0.05) is 12.1 Å². The number of ether oxygens (including phenoxy) is 1. The van der Waals surface area contributed by atoms with Crippen molar-refractivity contribution >= 4 is 39.8 Å². The second-order valence-electron chi connectivity index (χ2n) is 8.84. The fourth-order valence-electron chi connectivity index (χ4n) is 4.00. The Bertz CT molecular complexity index is 1260. The molecule has 1 heterocycles. The predicted molar refractivity (Wildman–Crippen MR) is 147 cm³/mol. The average molecular weight is 547 g/mol. The normalized spacial score (nSPS) is 14.3. The highest BCUT2D eigenvalue weighted by Crippen LogP contribution is 2.24. The van der Waals surface area contributed by atoms with E-state index in [0.717, 1.165) is 38.7 Å². The summed E-state index contributed by atoms with van der Waals surface area (Å²) in [5, 5.41) is 15.1. The molecule has 4 N–H and O–H groups in total. The molecule has 0 unspecified atom stereocenters.